The second-order valence-corrected chi connectivity index (χ2v) is 6.27. The zero-order chi connectivity index (χ0) is 13.0. The fourth-order valence-electron chi connectivity index (χ4n) is 1.96. The average Bonchev–Trinajstić information content (AvgIpc) is 2.82. The molecular weight excluding hydrogens is 316 g/mol. The van der Waals surface area contributed by atoms with Crippen LogP contribution in [-0.2, 0) is 4.74 Å². The number of hydrogen-bond acceptors (Lipinski definition) is 3. The smallest absolute Gasteiger partial charge is 0.336 e. The molecule has 0 bridgehead atoms. The molecule has 3 nitrogen and oxygen atoms in total. The molecule has 0 aliphatic carbocycles. The highest BCUT2D eigenvalue weighted by atomic mass is 79.9. The van der Waals surface area contributed by atoms with Gasteiger partial charge in [-0.05, 0) is 37.5 Å². The summed E-state index contributed by atoms with van der Waals surface area (Å²) in [6.45, 7) is 0.868. The van der Waals surface area contributed by atoms with Crippen LogP contribution in [0.2, 0.25) is 0 Å². The van der Waals surface area contributed by atoms with Crippen LogP contribution in [-0.4, -0.2) is 29.5 Å². The van der Waals surface area contributed by atoms with E-state index in [-0.39, 0.29) is 0 Å². The minimum atomic E-state index is -0.873. The average molecular weight is 331 g/mol. The highest BCUT2D eigenvalue weighted by molar-refractivity contribution is 9.10. The number of halogens is 1. The standard InChI is InChI=1S/C13H15BrO3S/c14-9-3-4-11(13(15)16)12(8-9)18-7-5-10-2-1-6-17-10/h3-4,8,10H,1-2,5-7H2,(H,15,16). The van der Waals surface area contributed by atoms with Crippen molar-refractivity contribution in [3.8, 4) is 0 Å². The van der Waals surface area contributed by atoms with Crippen LogP contribution in [0.4, 0.5) is 0 Å². The lowest BCUT2D eigenvalue weighted by Gasteiger charge is -2.10. The number of carboxylic acid groups (broad SMARTS) is 1. The van der Waals surface area contributed by atoms with Gasteiger partial charge in [-0.25, -0.2) is 4.79 Å². The molecule has 2 rings (SSSR count). The van der Waals surface area contributed by atoms with Crippen LogP contribution >= 0.6 is 27.7 Å². The molecule has 1 aliphatic rings. The number of thioether (sulfide) groups is 1. The third-order valence-corrected chi connectivity index (χ3v) is 4.48. The molecule has 0 aromatic heterocycles. The van der Waals surface area contributed by atoms with Crippen LogP contribution in [0, 0.1) is 0 Å². The van der Waals surface area contributed by atoms with Crippen LogP contribution in [0.3, 0.4) is 0 Å². The van der Waals surface area contributed by atoms with E-state index in [9.17, 15) is 4.79 Å². The Balaban J connectivity index is 1.94. The maximum atomic E-state index is 11.1. The molecule has 1 aliphatic heterocycles. The van der Waals surface area contributed by atoms with Gasteiger partial charge in [0.2, 0.25) is 0 Å². The van der Waals surface area contributed by atoms with Gasteiger partial charge in [0.1, 0.15) is 0 Å². The topological polar surface area (TPSA) is 46.5 Å². The fourth-order valence-corrected chi connectivity index (χ4v) is 3.60. The number of benzene rings is 1. The molecule has 0 radical (unpaired) electrons. The quantitative estimate of drug-likeness (QED) is 0.834. The van der Waals surface area contributed by atoms with Gasteiger partial charge in [0.25, 0.3) is 0 Å². The van der Waals surface area contributed by atoms with Gasteiger partial charge >= 0.3 is 5.97 Å². The van der Waals surface area contributed by atoms with E-state index in [1.165, 1.54) is 0 Å². The number of aromatic carboxylic acids is 1. The highest BCUT2D eigenvalue weighted by Gasteiger charge is 2.16. The molecule has 5 heteroatoms. The summed E-state index contributed by atoms with van der Waals surface area (Å²) in [5.41, 5.74) is 0.371. The number of carboxylic acids is 1. The van der Waals surface area contributed by atoms with Gasteiger partial charge < -0.3 is 9.84 Å². The van der Waals surface area contributed by atoms with Crippen LogP contribution in [0.1, 0.15) is 29.6 Å². The largest absolute Gasteiger partial charge is 0.478 e. The van der Waals surface area contributed by atoms with Gasteiger partial charge in [-0.3, -0.25) is 0 Å². The molecule has 1 fully saturated rings. The molecule has 1 N–H and O–H groups in total. The summed E-state index contributed by atoms with van der Waals surface area (Å²) in [4.78, 5) is 11.9. The molecule has 1 unspecified atom stereocenters. The van der Waals surface area contributed by atoms with E-state index in [2.05, 4.69) is 15.9 Å². The van der Waals surface area contributed by atoms with Gasteiger partial charge in [-0.2, -0.15) is 0 Å². The highest BCUT2D eigenvalue weighted by Crippen LogP contribution is 2.28. The summed E-state index contributed by atoms with van der Waals surface area (Å²) in [5, 5.41) is 9.11. The van der Waals surface area contributed by atoms with Crippen molar-refractivity contribution < 1.29 is 14.6 Å². The van der Waals surface area contributed by atoms with E-state index in [1.807, 2.05) is 6.07 Å². The first-order valence-electron chi connectivity index (χ1n) is 5.94. The first-order chi connectivity index (χ1) is 8.66. The normalized spacial score (nSPS) is 19.1. The Morgan fingerprint density at radius 1 is 1.56 bits per heavy atom. The Morgan fingerprint density at radius 2 is 2.39 bits per heavy atom. The maximum Gasteiger partial charge on any atom is 0.336 e. The van der Waals surface area contributed by atoms with Crippen molar-refractivity contribution in [2.45, 2.75) is 30.3 Å². The Bertz CT molecular complexity index is 430. The molecule has 1 heterocycles. The van der Waals surface area contributed by atoms with Crippen molar-refractivity contribution in [3.05, 3.63) is 28.2 Å². The SMILES string of the molecule is O=C(O)c1ccc(Br)cc1SCCC1CCCO1. The van der Waals surface area contributed by atoms with E-state index in [0.29, 0.717) is 11.7 Å². The van der Waals surface area contributed by atoms with Crippen LogP contribution < -0.4 is 0 Å². The predicted octanol–water partition coefficient (Wildman–Crippen LogP) is 3.81. The molecule has 18 heavy (non-hydrogen) atoms. The summed E-state index contributed by atoms with van der Waals surface area (Å²) in [6.07, 6.45) is 3.62. The van der Waals surface area contributed by atoms with Crippen LogP contribution in [0.15, 0.2) is 27.6 Å². The minimum Gasteiger partial charge on any atom is -0.478 e. The molecule has 0 spiro atoms. The number of rotatable bonds is 5. The summed E-state index contributed by atoms with van der Waals surface area (Å²) in [6, 6.07) is 5.26. The zero-order valence-corrected chi connectivity index (χ0v) is 12.3. The Hall–Kier alpha value is -0.520. The van der Waals surface area contributed by atoms with E-state index in [4.69, 9.17) is 9.84 Å². The number of hydrogen-bond donors (Lipinski definition) is 1. The van der Waals surface area contributed by atoms with E-state index in [1.54, 1.807) is 23.9 Å². The van der Waals surface area contributed by atoms with E-state index >= 15 is 0 Å². The first kappa shape index (κ1) is 13.9. The third-order valence-electron chi connectivity index (χ3n) is 2.90. The van der Waals surface area contributed by atoms with Gasteiger partial charge in [0.05, 0.1) is 11.7 Å². The van der Waals surface area contributed by atoms with Gasteiger partial charge in [0.15, 0.2) is 0 Å². The summed E-state index contributed by atoms with van der Waals surface area (Å²) >= 11 is 4.96. The molecule has 1 atom stereocenters. The first-order valence-corrected chi connectivity index (χ1v) is 7.72. The molecule has 0 amide bonds. The molecule has 0 saturated carbocycles. The van der Waals surface area contributed by atoms with Gasteiger partial charge in [0, 0.05) is 21.7 Å². The molecular formula is C13H15BrO3S. The maximum absolute atomic E-state index is 11.1. The van der Waals surface area contributed by atoms with Crippen molar-refractivity contribution in [3.63, 3.8) is 0 Å². The summed E-state index contributed by atoms with van der Waals surface area (Å²) < 4.78 is 6.46. The predicted molar refractivity (Wildman–Crippen MR) is 75.4 cm³/mol. The van der Waals surface area contributed by atoms with Crippen molar-refractivity contribution in [2.24, 2.45) is 0 Å². The van der Waals surface area contributed by atoms with E-state index < -0.39 is 5.97 Å². The van der Waals surface area contributed by atoms with Gasteiger partial charge in [-0.15, -0.1) is 11.8 Å². The van der Waals surface area contributed by atoms with Crippen molar-refractivity contribution >= 4 is 33.7 Å². The zero-order valence-electron chi connectivity index (χ0n) is 9.89. The number of carbonyl (C=O) groups is 1. The Kier molecular flexibility index (Phi) is 5.09. The minimum absolute atomic E-state index is 0.359. The number of ether oxygens (including phenoxy) is 1. The third kappa shape index (κ3) is 3.73. The second kappa shape index (κ2) is 6.59. The van der Waals surface area contributed by atoms with Crippen molar-refractivity contribution in [1.82, 2.24) is 0 Å². The lowest BCUT2D eigenvalue weighted by molar-refractivity contribution is 0.0693. The lowest BCUT2D eigenvalue weighted by Crippen LogP contribution is -2.06. The lowest BCUT2D eigenvalue weighted by atomic mass is 10.2. The Morgan fingerprint density at radius 3 is 3.06 bits per heavy atom. The van der Waals surface area contributed by atoms with Gasteiger partial charge in [-0.1, -0.05) is 15.9 Å². The molecule has 1 aromatic rings. The van der Waals surface area contributed by atoms with Crippen molar-refractivity contribution in [2.75, 3.05) is 12.4 Å². The molecule has 1 aromatic carbocycles. The second-order valence-electron chi connectivity index (χ2n) is 4.22. The fraction of sp³-hybridized carbons (Fsp3) is 0.462. The monoisotopic (exact) mass is 330 g/mol. The van der Waals surface area contributed by atoms with Crippen molar-refractivity contribution in [1.29, 1.82) is 0 Å². The molecule has 98 valence electrons. The van der Waals surface area contributed by atoms with E-state index in [0.717, 1.165) is 41.0 Å². The summed E-state index contributed by atoms with van der Waals surface area (Å²) in [7, 11) is 0. The van der Waals surface area contributed by atoms with Crippen LogP contribution in [0.5, 0.6) is 0 Å². The molecule has 1 saturated heterocycles. The van der Waals surface area contributed by atoms with Crippen LogP contribution in [0.25, 0.3) is 0 Å². The Labute approximate surface area is 119 Å². The summed E-state index contributed by atoms with van der Waals surface area (Å²) in [5.74, 6) is 0.0172.